The zero-order chi connectivity index (χ0) is 13.8. The monoisotopic (exact) mass is 344 g/mol. The van der Waals surface area contributed by atoms with E-state index in [2.05, 4.69) is 34.3 Å². The summed E-state index contributed by atoms with van der Waals surface area (Å²) in [6.45, 7) is 3.66. The molecule has 0 bridgehead atoms. The molecule has 2 N–H and O–H groups in total. The Morgan fingerprint density at radius 1 is 1.63 bits per heavy atom. The first-order valence-corrected chi connectivity index (χ1v) is 8.51. The molecule has 5 heteroatoms. The predicted molar refractivity (Wildman–Crippen MR) is 83.3 cm³/mol. The summed E-state index contributed by atoms with van der Waals surface area (Å²) in [7, 11) is 0. The van der Waals surface area contributed by atoms with Gasteiger partial charge in [-0.05, 0) is 47.2 Å². The normalized spacial score (nSPS) is 23.6. The Labute approximate surface area is 127 Å². The molecule has 1 aromatic rings. The summed E-state index contributed by atoms with van der Waals surface area (Å²) in [6, 6.07) is 2.33. The van der Waals surface area contributed by atoms with E-state index < -0.39 is 0 Å². The number of thiophene rings is 1. The zero-order valence-corrected chi connectivity index (χ0v) is 13.7. The van der Waals surface area contributed by atoms with Crippen LogP contribution in [0.2, 0.25) is 0 Å². The van der Waals surface area contributed by atoms with E-state index in [9.17, 15) is 4.79 Å². The first kappa shape index (κ1) is 15.0. The lowest BCUT2D eigenvalue weighted by Gasteiger charge is -2.39. The molecule has 1 fully saturated rings. The summed E-state index contributed by atoms with van der Waals surface area (Å²) in [6.07, 6.45) is 3.71. The SMILES string of the molecule is C[C@@H]1CCCN(C(=O)CCc2cc(Br)cs2)[C@@H]1CN. The van der Waals surface area contributed by atoms with Crippen molar-refractivity contribution >= 4 is 33.2 Å². The number of aryl methyl sites for hydroxylation is 1. The molecule has 2 atom stereocenters. The van der Waals surface area contributed by atoms with Gasteiger partial charge in [-0.2, -0.15) is 0 Å². The first-order chi connectivity index (χ1) is 9.11. The highest BCUT2D eigenvalue weighted by Crippen LogP contribution is 2.25. The third-order valence-electron chi connectivity index (χ3n) is 3.88. The molecule has 1 aliphatic rings. The lowest BCUT2D eigenvalue weighted by Crippen LogP contribution is -2.51. The summed E-state index contributed by atoms with van der Waals surface area (Å²) < 4.78 is 1.10. The van der Waals surface area contributed by atoms with E-state index in [0.29, 0.717) is 18.9 Å². The molecule has 0 spiro atoms. The number of rotatable bonds is 4. The van der Waals surface area contributed by atoms with Crippen molar-refractivity contribution in [3.05, 3.63) is 20.8 Å². The second-order valence-corrected chi connectivity index (χ2v) is 7.15. The van der Waals surface area contributed by atoms with E-state index in [1.54, 1.807) is 11.3 Å². The van der Waals surface area contributed by atoms with Gasteiger partial charge < -0.3 is 10.6 Å². The number of carbonyl (C=O) groups is 1. The summed E-state index contributed by atoms with van der Waals surface area (Å²) in [5.74, 6) is 0.783. The summed E-state index contributed by atoms with van der Waals surface area (Å²) >= 11 is 5.15. The number of hydrogen-bond donors (Lipinski definition) is 1. The van der Waals surface area contributed by atoms with Gasteiger partial charge in [0.05, 0.1) is 0 Å². The molecule has 1 amide bonds. The Kier molecular flexibility index (Phi) is 5.42. The van der Waals surface area contributed by atoms with Crippen LogP contribution in [0.1, 0.15) is 31.1 Å². The van der Waals surface area contributed by atoms with Crippen LogP contribution in [0.5, 0.6) is 0 Å². The highest BCUT2D eigenvalue weighted by Gasteiger charge is 2.30. The summed E-state index contributed by atoms with van der Waals surface area (Å²) in [5.41, 5.74) is 5.83. The van der Waals surface area contributed by atoms with Crippen LogP contribution in [0, 0.1) is 5.92 Å². The quantitative estimate of drug-likeness (QED) is 0.912. The molecule has 0 aliphatic carbocycles. The van der Waals surface area contributed by atoms with Crippen LogP contribution >= 0.6 is 27.3 Å². The molecule has 0 radical (unpaired) electrons. The number of amides is 1. The molecule has 106 valence electrons. The van der Waals surface area contributed by atoms with Crippen LogP contribution in [0.15, 0.2) is 15.9 Å². The molecular weight excluding hydrogens is 324 g/mol. The molecule has 1 saturated heterocycles. The van der Waals surface area contributed by atoms with Gasteiger partial charge in [0.15, 0.2) is 0 Å². The fraction of sp³-hybridized carbons (Fsp3) is 0.643. The lowest BCUT2D eigenvalue weighted by molar-refractivity contribution is -0.136. The fourth-order valence-corrected chi connectivity index (χ4v) is 4.23. The number of hydrogen-bond acceptors (Lipinski definition) is 3. The number of nitrogens with zero attached hydrogens (tertiary/aromatic N) is 1. The van der Waals surface area contributed by atoms with E-state index in [1.165, 1.54) is 11.3 Å². The largest absolute Gasteiger partial charge is 0.338 e. The Morgan fingerprint density at radius 2 is 2.42 bits per heavy atom. The molecule has 2 rings (SSSR count). The molecule has 3 nitrogen and oxygen atoms in total. The Balaban J connectivity index is 1.91. The molecule has 0 unspecified atom stereocenters. The van der Waals surface area contributed by atoms with Crippen LogP contribution in [0.3, 0.4) is 0 Å². The van der Waals surface area contributed by atoms with Gasteiger partial charge >= 0.3 is 0 Å². The minimum Gasteiger partial charge on any atom is -0.338 e. The van der Waals surface area contributed by atoms with Gasteiger partial charge in [-0.1, -0.05) is 6.92 Å². The van der Waals surface area contributed by atoms with Gasteiger partial charge in [-0.3, -0.25) is 4.79 Å². The third kappa shape index (κ3) is 3.80. The van der Waals surface area contributed by atoms with Crippen molar-refractivity contribution < 1.29 is 4.79 Å². The Bertz CT molecular complexity index is 435. The van der Waals surface area contributed by atoms with Gasteiger partial charge in [0.25, 0.3) is 0 Å². The van der Waals surface area contributed by atoms with E-state index in [-0.39, 0.29) is 11.9 Å². The maximum atomic E-state index is 12.4. The van der Waals surface area contributed by atoms with Crippen molar-refractivity contribution in [2.24, 2.45) is 11.7 Å². The maximum absolute atomic E-state index is 12.4. The standard InChI is InChI=1S/C14H21BrN2OS/c1-10-3-2-6-17(13(10)8-16)14(18)5-4-12-7-11(15)9-19-12/h7,9-10,13H,2-6,8,16H2,1H3/t10-,13-/m1/s1. The second kappa shape index (κ2) is 6.86. The van der Waals surface area contributed by atoms with Crippen molar-refractivity contribution in [3.63, 3.8) is 0 Å². The molecule has 1 aromatic heterocycles. The summed E-state index contributed by atoms with van der Waals surface area (Å²) in [4.78, 5) is 15.6. The lowest BCUT2D eigenvalue weighted by atomic mass is 9.90. The number of carbonyl (C=O) groups excluding carboxylic acids is 1. The van der Waals surface area contributed by atoms with Crippen LogP contribution in [0.25, 0.3) is 0 Å². The van der Waals surface area contributed by atoms with Crippen LogP contribution in [-0.4, -0.2) is 29.9 Å². The average Bonchev–Trinajstić information content (AvgIpc) is 2.81. The van der Waals surface area contributed by atoms with E-state index in [0.717, 1.165) is 23.9 Å². The number of likely N-dealkylation sites (tertiary alicyclic amines) is 1. The highest BCUT2D eigenvalue weighted by molar-refractivity contribution is 9.10. The van der Waals surface area contributed by atoms with Crippen LogP contribution < -0.4 is 5.73 Å². The number of nitrogens with two attached hydrogens (primary N) is 1. The topological polar surface area (TPSA) is 46.3 Å². The average molecular weight is 345 g/mol. The molecular formula is C14H21BrN2OS. The highest BCUT2D eigenvalue weighted by atomic mass is 79.9. The van der Waals surface area contributed by atoms with Gasteiger partial charge in [0.1, 0.15) is 0 Å². The smallest absolute Gasteiger partial charge is 0.223 e. The minimum atomic E-state index is 0.233. The molecule has 0 saturated carbocycles. The third-order valence-corrected chi connectivity index (χ3v) is 5.64. The minimum absolute atomic E-state index is 0.233. The van der Waals surface area contributed by atoms with Crippen LogP contribution in [-0.2, 0) is 11.2 Å². The number of piperidine rings is 1. The van der Waals surface area contributed by atoms with Crippen molar-refractivity contribution in [1.82, 2.24) is 4.90 Å². The predicted octanol–water partition coefficient (Wildman–Crippen LogP) is 3.03. The molecule has 0 aromatic carbocycles. The maximum Gasteiger partial charge on any atom is 0.223 e. The second-order valence-electron chi connectivity index (χ2n) is 5.24. The van der Waals surface area contributed by atoms with Gasteiger partial charge in [0.2, 0.25) is 5.91 Å². The van der Waals surface area contributed by atoms with Crippen LogP contribution in [0.4, 0.5) is 0 Å². The zero-order valence-electron chi connectivity index (χ0n) is 11.3. The van der Waals surface area contributed by atoms with Gasteiger partial charge in [-0.25, -0.2) is 0 Å². The Morgan fingerprint density at radius 3 is 3.05 bits per heavy atom. The molecule has 2 heterocycles. The molecule has 19 heavy (non-hydrogen) atoms. The van der Waals surface area contributed by atoms with E-state index >= 15 is 0 Å². The van der Waals surface area contributed by atoms with Gasteiger partial charge in [0, 0.05) is 40.3 Å². The molecule has 1 aliphatic heterocycles. The summed E-state index contributed by atoms with van der Waals surface area (Å²) in [5, 5.41) is 2.06. The van der Waals surface area contributed by atoms with Crippen molar-refractivity contribution in [2.45, 2.75) is 38.6 Å². The number of halogens is 1. The van der Waals surface area contributed by atoms with Gasteiger partial charge in [-0.15, -0.1) is 11.3 Å². The van der Waals surface area contributed by atoms with Crippen molar-refractivity contribution in [1.29, 1.82) is 0 Å². The Hall–Kier alpha value is -0.390. The van der Waals surface area contributed by atoms with E-state index in [4.69, 9.17) is 5.73 Å². The van der Waals surface area contributed by atoms with E-state index in [1.807, 2.05) is 4.90 Å². The fourth-order valence-electron chi connectivity index (χ4n) is 2.78. The van der Waals surface area contributed by atoms with Crippen molar-refractivity contribution in [2.75, 3.05) is 13.1 Å². The first-order valence-electron chi connectivity index (χ1n) is 6.84. The van der Waals surface area contributed by atoms with Crippen molar-refractivity contribution in [3.8, 4) is 0 Å².